The molecule has 2 N–H and O–H groups in total. The number of fused-ring (bicyclic) bond motifs is 1. The summed E-state index contributed by atoms with van der Waals surface area (Å²) >= 11 is 8.06. The maximum absolute atomic E-state index is 13.2. The maximum Gasteiger partial charge on any atom is 0.325 e. The predicted octanol–water partition coefficient (Wildman–Crippen LogP) is 5.86. The maximum atomic E-state index is 13.2. The number of hydrogen-bond donors (Lipinski definition) is 2. The van der Waals surface area contributed by atoms with Gasteiger partial charge in [-0.2, -0.15) is 0 Å². The van der Waals surface area contributed by atoms with Crippen molar-refractivity contribution in [1.29, 1.82) is 0 Å². The third kappa shape index (κ3) is 6.20. The number of carbonyl (C=O) groups excluding carboxylic acids is 2. The van der Waals surface area contributed by atoms with Crippen molar-refractivity contribution in [3.63, 3.8) is 0 Å². The van der Waals surface area contributed by atoms with E-state index in [-0.39, 0.29) is 29.1 Å². The molecule has 3 aromatic rings. The molecule has 0 radical (unpaired) electrons. The molecule has 4 rings (SSSR count). The Morgan fingerprint density at radius 1 is 1.08 bits per heavy atom. The lowest BCUT2D eigenvalue weighted by Crippen LogP contribution is -2.17. The molecule has 3 aromatic carbocycles. The number of amides is 1. The van der Waals surface area contributed by atoms with E-state index in [4.69, 9.17) is 0 Å². The van der Waals surface area contributed by atoms with Crippen molar-refractivity contribution in [2.24, 2.45) is 0 Å². The number of thioether (sulfide) groups is 1. The van der Waals surface area contributed by atoms with Gasteiger partial charge in [-0.25, -0.2) is 8.42 Å². The van der Waals surface area contributed by atoms with Crippen LogP contribution in [0.25, 0.3) is 6.08 Å². The summed E-state index contributed by atoms with van der Waals surface area (Å²) in [6.45, 7) is 0.0510. The smallest absolute Gasteiger partial charge is 0.325 e. The van der Waals surface area contributed by atoms with Gasteiger partial charge in [0.05, 0.1) is 28.4 Å². The van der Waals surface area contributed by atoms with Gasteiger partial charge >= 0.3 is 5.97 Å². The molecule has 1 amide bonds. The lowest BCUT2D eigenvalue weighted by atomic mass is 10.2. The molecule has 11 heteroatoms. The van der Waals surface area contributed by atoms with Crippen molar-refractivity contribution in [2.75, 3.05) is 24.3 Å². The van der Waals surface area contributed by atoms with Crippen molar-refractivity contribution >= 4 is 82.8 Å². The third-order valence-electron chi connectivity index (χ3n) is 5.27. The molecule has 1 aliphatic rings. The van der Waals surface area contributed by atoms with Gasteiger partial charge < -0.3 is 15.4 Å². The van der Waals surface area contributed by atoms with Gasteiger partial charge in [-0.3, -0.25) is 9.59 Å². The van der Waals surface area contributed by atoms with Crippen molar-refractivity contribution in [3.8, 4) is 0 Å². The molecule has 0 fully saturated rings. The summed E-state index contributed by atoms with van der Waals surface area (Å²) in [6, 6.07) is 17.3. The summed E-state index contributed by atoms with van der Waals surface area (Å²) in [5.74, 6) is -0.821. The van der Waals surface area contributed by atoms with Crippen LogP contribution in [0.15, 0.2) is 84.3 Å². The Morgan fingerprint density at radius 3 is 2.44 bits per heavy atom. The van der Waals surface area contributed by atoms with Crippen LogP contribution in [0.4, 0.5) is 11.4 Å². The van der Waals surface area contributed by atoms with Gasteiger partial charge in [-0.1, -0.05) is 61.8 Å². The molecule has 7 nitrogen and oxygen atoms in total. The zero-order valence-corrected chi connectivity index (χ0v) is 23.7. The Bertz CT molecular complexity index is 1450. The summed E-state index contributed by atoms with van der Waals surface area (Å²) in [6.07, 6.45) is 1.73. The van der Waals surface area contributed by atoms with E-state index < -0.39 is 9.84 Å². The molecular formula is C25H20Br2N2O5S2. The molecule has 1 heterocycles. The minimum Gasteiger partial charge on any atom is -0.468 e. The van der Waals surface area contributed by atoms with Crippen LogP contribution in [-0.4, -0.2) is 33.9 Å². The molecule has 36 heavy (non-hydrogen) atoms. The summed E-state index contributed by atoms with van der Waals surface area (Å²) in [4.78, 5) is 25.2. The molecule has 186 valence electrons. The first-order valence-corrected chi connectivity index (χ1v) is 14.6. The number of hydrogen-bond acceptors (Lipinski definition) is 7. The highest BCUT2D eigenvalue weighted by Gasteiger charge is 2.25. The first kappa shape index (κ1) is 26.5. The van der Waals surface area contributed by atoms with Crippen molar-refractivity contribution < 1.29 is 22.7 Å². The van der Waals surface area contributed by atoms with Gasteiger partial charge in [0.15, 0.2) is 9.84 Å². The van der Waals surface area contributed by atoms with Crippen LogP contribution in [0.3, 0.4) is 0 Å². The fraction of sp³-hybridized carbons (Fsp3) is 0.120. The minimum atomic E-state index is -3.65. The lowest BCUT2D eigenvalue weighted by Gasteiger charge is -2.19. The van der Waals surface area contributed by atoms with E-state index in [1.807, 2.05) is 18.2 Å². The first-order valence-electron chi connectivity index (χ1n) is 10.6. The molecule has 1 aliphatic heterocycles. The zero-order chi connectivity index (χ0) is 25.9. The van der Waals surface area contributed by atoms with Crippen molar-refractivity contribution in [1.82, 2.24) is 0 Å². The summed E-state index contributed by atoms with van der Waals surface area (Å²) in [7, 11) is -2.32. The first-order chi connectivity index (χ1) is 17.2. The van der Waals surface area contributed by atoms with Gasteiger partial charge in [0.1, 0.15) is 6.54 Å². The Balaban J connectivity index is 1.55. The highest BCUT2D eigenvalue weighted by molar-refractivity contribution is 9.11. The molecular weight excluding hydrogens is 632 g/mol. The number of rotatable bonds is 7. The van der Waals surface area contributed by atoms with E-state index in [1.54, 1.807) is 42.5 Å². The Hall–Kier alpha value is -2.60. The summed E-state index contributed by atoms with van der Waals surface area (Å²) in [5.41, 5.74) is 2.72. The number of benzene rings is 3. The lowest BCUT2D eigenvalue weighted by molar-refractivity contribution is -0.138. The number of carbonyl (C=O) groups is 2. The Kier molecular flexibility index (Phi) is 8.23. The second-order valence-corrected chi connectivity index (χ2v) is 12.5. The van der Waals surface area contributed by atoms with E-state index in [0.29, 0.717) is 30.0 Å². The van der Waals surface area contributed by atoms with Crippen molar-refractivity contribution in [3.05, 3.63) is 85.6 Å². The number of halogens is 2. The second kappa shape index (κ2) is 11.2. The van der Waals surface area contributed by atoms with Crippen LogP contribution in [-0.2, 0) is 29.9 Å². The molecule has 0 bridgehead atoms. The third-order valence-corrected chi connectivity index (χ3v) is 9.48. The van der Waals surface area contributed by atoms with E-state index >= 15 is 0 Å². The second-order valence-electron chi connectivity index (χ2n) is 7.73. The Labute approximate surface area is 229 Å². The number of methoxy groups -OCH3 is 1. The SMILES string of the molecule is COC(=O)CNc1ccc(C=C2Sc3cc(S(=O)(=O)Cc4c(Br)cccc4Br)ccc3NC2=O)cc1. The van der Waals surface area contributed by atoms with Gasteiger partial charge in [0, 0.05) is 19.5 Å². The normalized spacial score (nSPS) is 14.2. The van der Waals surface area contributed by atoms with Gasteiger partial charge in [0.2, 0.25) is 0 Å². The van der Waals surface area contributed by atoms with Gasteiger partial charge in [-0.15, -0.1) is 0 Å². The summed E-state index contributed by atoms with van der Waals surface area (Å²) < 4.78 is 32.4. The van der Waals surface area contributed by atoms with Crippen LogP contribution in [0.2, 0.25) is 0 Å². The quantitative estimate of drug-likeness (QED) is 0.244. The van der Waals surface area contributed by atoms with Crippen molar-refractivity contribution in [2.45, 2.75) is 15.5 Å². The summed E-state index contributed by atoms with van der Waals surface area (Å²) in [5, 5.41) is 5.78. The van der Waals surface area contributed by atoms with Crippen LogP contribution in [0, 0.1) is 0 Å². The van der Waals surface area contributed by atoms with E-state index in [1.165, 1.54) is 24.9 Å². The molecule has 0 aromatic heterocycles. The average molecular weight is 652 g/mol. The van der Waals surface area contributed by atoms with Crippen LogP contribution in [0.5, 0.6) is 0 Å². The van der Waals surface area contributed by atoms with E-state index in [2.05, 4.69) is 47.2 Å². The van der Waals surface area contributed by atoms with Crippen LogP contribution >= 0.6 is 43.6 Å². The van der Waals surface area contributed by atoms with Crippen LogP contribution in [0.1, 0.15) is 11.1 Å². The Morgan fingerprint density at radius 2 is 1.78 bits per heavy atom. The molecule has 0 unspecified atom stereocenters. The number of sulfone groups is 1. The fourth-order valence-corrected chi connectivity index (χ4v) is 7.51. The minimum absolute atomic E-state index is 0.0510. The zero-order valence-electron chi connectivity index (χ0n) is 18.9. The molecule has 0 saturated heterocycles. The molecule has 0 saturated carbocycles. The predicted molar refractivity (Wildman–Crippen MR) is 149 cm³/mol. The van der Waals surface area contributed by atoms with E-state index in [9.17, 15) is 18.0 Å². The molecule has 0 aliphatic carbocycles. The highest BCUT2D eigenvalue weighted by Crippen LogP contribution is 2.41. The number of ether oxygens (including phenoxy) is 1. The molecule has 0 atom stereocenters. The topological polar surface area (TPSA) is 102 Å². The fourth-order valence-electron chi connectivity index (χ4n) is 3.37. The largest absolute Gasteiger partial charge is 0.468 e. The molecule has 0 spiro atoms. The standard InChI is InChI=1S/C25H20Br2N2O5S2/c1-34-24(30)13-28-16-7-5-15(6-8-16)11-23-25(31)29-21-10-9-17(12-22(21)35-23)36(32,33)14-18-19(26)3-2-4-20(18)27/h2-12,28H,13-14H2,1H3,(H,29,31). The van der Waals surface area contributed by atoms with Gasteiger partial charge in [0.25, 0.3) is 5.91 Å². The van der Waals surface area contributed by atoms with Crippen LogP contribution < -0.4 is 10.6 Å². The highest BCUT2D eigenvalue weighted by atomic mass is 79.9. The monoisotopic (exact) mass is 650 g/mol. The number of nitrogens with one attached hydrogen (secondary N) is 2. The number of anilines is 2. The average Bonchev–Trinajstić information content (AvgIpc) is 2.86. The van der Waals surface area contributed by atoms with Gasteiger partial charge in [-0.05, 0) is 59.7 Å². The number of esters is 1. The van der Waals surface area contributed by atoms with E-state index in [0.717, 1.165) is 11.3 Å².